The van der Waals surface area contributed by atoms with E-state index in [2.05, 4.69) is 0 Å². The van der Waals surface area contributed by atoms with Gasteiger partial charge in [-0.15, -0.1) is 0 Å². The van der Waals surface area contributed by atoms with Gasteiger partial charge in [0.15, 0.2) is 5.17 Å². The quantitative estimate of drug-likeness (QED) is 0.213. The summed E-state index contributed by atoms with van der Waals surface area (Å²) in [6.45, 7) is 0.245. The molecule has 0 atom stereocenters. The minimum Gasteiger partial charge on any atom is -0.487 e. The zero-order chi connectivity index (χ0) is 26.6. The van der Waals surface area contributed by atoms with E-state index in [1.54, 1.807) is 83.8 Å². The Hall–Kier alpha value is -3.29. The van der Waals surface area contributed by atoms with Crippen molar-refractivity contribution in [1.29, 1.82) is 0 Å². The summed E-state index contributed by atoms with van der Waals surface area (Å²) in [7, 11) is 0. The SMILES string of the molecule is O=C1/C(=C/c2ccc(OCc3ccc(F)cc3)c(Cl)c2)SC(=Nc2ccc(Cl)cc2)N1c1ccc(Cl)cc1. The molecule has 4 aromatic carbocycles. The second-order valence-electron chi connectivity index (χ2n) is 8.20. The van der Waals surface area contributed by atoms with Gasteiger partial charge < -0.3 is 4.74 Å². The number of hydrogen-bond acceptors (Lipinski definition) is 4. The molecule has 0 aromatic heterocycles. The summed E-state index contributed by atoms with van der Waals surface area (Å²) < 4.78 is 18.9. The highest BCUT2D eigenvalue weighted by molar-refractivity contribution is 8.19. The number of anilines is 1. The van der Waals surface area contributed by atoms with Crippen LogP contribution >= 0.6 is 46.6 Å². The van der Waals surface area contributed by atoms with Crippen molar-refractivity contribution in [3.8, 4) is 5.75 Å². The number of carbonyl (C=O) groups excluding carboxylic acids is 1. The lowest BCUT2D eigenvalue weighted by atomic mass is 10.2. The van der Waals surface area contributed by atoms with Crippen LogP contribution in [0.3, 0.4) is 0 Å². The number of hydrogen-bond donors (Lipinski definition) is 0. The van der Waals surface area contributed by atoms with Gasteiger partial charge in [-0.05, 0) is 102 Å². The van der Waals surface area contributed by atoms with E-state index in [0.29, 0.717) is 42.3 Å². The van der Waals surface area contributed by atoms with Crippen LogP contribution in [-0.2, 0) is 11.4 Å². The molecule has 1 amide bonds. The summed E-state index contributed by atoms with van der Waals surface area (Å²) in [5, 5.41) is 2.05. The Morgan fingerprint density at radius 2 is 1.53 bits per heavy atom. The molecule has 190 valence electrons. The van der Waals surface area contributed by atoms with E-state index in [1.807, 2.05) is 6.07 Å². The van der Waals surface area contributed by atoms with E-state index in [4.69, 9.17) is 44.5 Å². The highest BCUT2D eigenvalue weighted by atomic mass is 35.5. The fraction of sp³-hybridized carbons (Fsp3) is 0.0345. The predicted octanol–water partition coefficient (Wildman–Crippen LogP) is 9.17. The maximum atomic E-state index is 13.5. The Balaban J connectivity index is 1.41. The number of carbonyl (C=O) groups is 1. The van der Waals surface area contributed by atoms with E-state index in [-0.39, 0.29) is 18.3 Å². The number of thioether (sulfide) groups is 1. The maximum absolute atomic E-state index is 13.5. The molecule has 0 bridgehead atoms. The minimum absolute atomic E-state index is 0.224. The largest absolute Gasteiger partial charge is 0.487 e. The van der Waals surface area contributed by atoms with Crippen LogP contribution in [0.15, 0.2) is 101 Å². The molecule has 38 heavy (non-hydrogen) atoms. The number of halogens is 4. The molecule has 0 aliphatic carbocycles. The normalized spacial score (nSPS) is 15.5. The molecule has 1 saturated heterocycles. The Morgan fingerprint density at radius 3 is 2.18 bits per heavy atom. The molecule has 4 nitrogen and oxygen atoms in total. The van der Waals surface area contributed by atoms with Crippen LogP contribution < -0.4 is 9.64 Å². The van der Waals surface area contributed by atoms with Crippen LogP contribution in [-0.4, -0.2) is 11.1 Å². The molecule has 4 aromatic rings. The number of rotatable bonds is 6. The maximum Gasteiger partial charge on any atom is 0.271 e. The van der Waals surface area contributed by atoms with Crippen molar-refractivity contribution in [3.63, 3.8) is 0 Å². The first-order valence-electron chi connectivity index (χ1n) is 11.4. The first kappa shape index (κ1) is 26.3. The average Bonchev–Trinajstić information content (AvgIpc) is 3.20. The number of amides is 1. The van der Waals surface area contributed by atoms with Crippen LogP contribution in [0.2, 0.25) is 15.1 Å². The van der Waals surface area contributed by atoms with Gasteiger partial charge in [-0.2, -0.15) is 0 Å². The fourth-order valence-corrected chi connectivity index (χ4v) is 5.11. The van der Waals surface area contributed by atoms with Crippen molar-refractivity contribution >= 4 is 75.1 Å². The minimum atomic E-state index is -0.306. The standard InChI is InChI=1S/C29H18Cl3FN2O2S/c30-20-4-10-23(11-5-20)34-29-35(24-12-6-21(31)7-13-24)28(36)27(38-29)16-19-3-14-26(25(32)15-19)37-17-18-1-8-22(33)9-2-18/h1-16H,17H2/b27-16-,34-29?. The fourth-order valence-electron chi connectivity index (χ4n) is 3.61. The molecular weight excluding hydrogens is 566 g/mol. The molecule has 5 rings (SSSR count). The Morgan fingerprint density at radius 1 is 0.868 bits per heavy atom. The number of aliphatic imine (C=N–C) groups is 1. The summed E-state index contributed by atoms with van der Waals surface area (Å²) in [4.78, 5) is 20.2. The third kappa shape index (κ3) is 6.22. The van der Waals surface area contributed by atoms with Crippen molar-refractivity contribution in [3.05, 3.63) is 128 Å². The monoisotopic (exact) mass is 582 g/mol. The van der Waals surface area contributed by atoms with E-state index in [1.165, 1.54) is 23.9 Å². The third-order valence-corrected chi connectivity index (χ3v) is 7.27. The van der Waals surface area contributed by atoms with Gasteiger partial charge in [0, 0.05) is 10.0 Å². The Kier molecular flexibility index (Phi) is 8.05. The molecule has 0 radical (unpaired) electrons. The molecule has 1 aliphatic rings. The van der Waals surface area contributed by atoms with Crippen molar-refractivity contribution in [2.45, 2.75) is 6.61 Å². The molecule has 1 heterocycles. The van der Waals surface area contributed by atoms with Gasteiger partial charge in [0.1, 0.15) is 18.2 Å². The number of benzene rings is 4. The van der Waals surface area contributed by atoms with E-state index in [9.17, 15) is 9.18 Å². The average molecular weight is 584 g/mol. The van der Waals surface area contributed by atoms with Gasteiger partial charge in [-0.3, -0.25) is 9.69 Å². The Labute approximate surface area is 238 Å². The second-order valence-corrected chi connectivity index (χ2v) is 10.5. The summed E-state index contributed by atoms with van der Waals surface area (Å²) >= 11 is 19.8. The second kappa shape index (κ2) is 11.6. The number of ether oxygens (including phenoxy) is 1. The van der Waals surface area contributed by atoms with Crippen LogP contribution in [0.4, 0.5) is 15.8 Å². The van der Waals surface area contributed by atoms with Crippen molar-refractivity contribution in [2.75, 3.05) is 4.90 Å². The van der Waals surface area contributed by atoms with Gasteiger partial charge >= 0.3 is 0 Å². The molecule has 0 N–H and O–H groups in total. The van der Waals surface area contributed by atoms with Gasteiger partial charge in [-0.25, -0.2) is 9.38 Å². The zero-order valence-corrected chi connectivity index (χ0v) is 22.7. The van der Waals surface area contributed by atoms with Crippen LogP contribution in [0.25, 0.3) is 6.08 Å². The molecule has 0 spiro atoms. The highest BCUT2D eigenvalue weighted by Crippen LogP contribution is 2.38. The smallest absolute Gasteiger partial charge is 0.271 e. The summed E-state index contributed by atoms with van der Waals surface area (Å²) in [6, 6.07) is 25.4. The van der Waals surface area contributed by atoms with Crippen LogP contribution in [0.1, 0.15) is 11.1 Å². The Bertz CT molecular complexity index is 1540. The van der Waals surface area contributed by atoms with Crippen LogP contribution in [0, 0.1) is 5.82 Å². The lowest BCUT2D eigenvalue weighted by molar-refractivity contribution is -0.113. The molecular formula is C29H18Cl3FN2O2S. The molecule has 0 saturated carbocycles. The summed E-state index contributed by atoms with van der Waals surface area (Å²) in [6.07, 6.45) is 1.76. The van der Waals surface area contributed by atoms with Crippen LogP contribution in [0.5, 0.6) is 5.75 Å². The number of nitrogens with zero attached hydrogens (tertiary/aromatic N) is 2. The first-order chi connectivity index (χ1) is 18.4. The zero-order valence-electron chi connectivity index (χ0n) is 19.6. The van der Waals surface area contributed by atoms with Crippen molar-refractivity contribution in [2.24, 2.45) is 4.99 Å². The van der Waals surface area contributed by atoms with E-state index >= 15 is 0 Å². The predicted molar refractivity (Wildman–Crippen MR) is 155 cm³/mol. The summed E-state index contributed by atoms with van der Waals surface area (Å²) in [5.41, 5.74) is 2.85. The van der Waals surface area contributed by atoms with Crippen molar-refractivity contribution < 1.29 is 13.9 Å². The molecule has 0 unspecified atom stereocenters. The third-order valence-electron chi connectivity index (χ3n) is 5.50. The number of amidine groups is 1. The summed E-state index contributed by atoms with van der Waals surface area (Å²) in [5.74, 6) is -0.0476. The van der Waals surface area contributed by atoms with Gasteiger partial charge in [0.2, 0.25) is 0 Å². The van der Waals surface area contributed by atoms with Gasteiger partial charge in [0.25, 0.3) is 5.91 Å². The molecule has 9 heteroatoms. The topological polar surface area (TPSA) is 41.9 Å². The lowest BCUT2D eigenvalue weighted by Gasteiger charge is -2.15. The highest BCUT2D eigenvalue weighted by Gasteiger charge is 2.34. The van der Waals surface area contributed by atoms with E-state index < -0.39 is 0 Å². The van der Waals surface area contributed by atoms with Gasteiger partial charge in [-0.1, -0.05) is 53.0 Å². The van der Waals surface area contributed by atoms with Gasteiger partial charge in [0.05, 0.1) is 21.3 Å². The van der Waals surface area contributed by atoms with E-state index in [0.717, 1.165) is 11.1 Å². The molecule has 1 fully saturated rings. The first-order valence-corrected chi connectivity index (χ1v) is 13.3. The molecule has 1 aliphatic heterocycles. The lowest BCUT2D eigenvalue weighted by Crippen LogP contribution is -2.28. The van der Waals surface area contributed by atoms with Crippen molar-refractivity contribution in [1.82, 2.24) is 0 Å².